The van der Waals surface area contributed by atoms with Gasteiger partial charge in [-0.1, -0.05) is 20.8 Å². The monoisotopic (exact) mass is 263 g/mol. The summed E-state index contributed by atoms with van der Waals surface area (Å²) in [5.74, 6) is 0. The van der Waals surface area contributed by atoms with E-state index in [9.17, 15) is 18.0 Å². The Labute approximate surface area is 103 Å². The Morgan fingerprint density at radius 2 is 1.83 bits per heavy atom. The number of halogens is 3. The van der Waals surface area contributed by atoms with Gasteiger partial charge in [0.2, 0.25) is 0 Å². The standard InChI is InChI=1S/C12H16F3NO2/c1-11(2,3)9-6-8(12(13,14)15)7-16(4-5-17)10(9)18/h6-7,17H,4-5H2,1-3H3. The first kappa shape index (κ1) is 14.8. The normalized spacial score (nSPS) is 12.8. The second-order valence-corrected chi connectivity index (χ2v) is 5.11. The summed E-state index contributed by atoms with van der Waals surface area (Å²) in [7, 11) is 0. The predicted molar refractivity (Wildman–Crippen MR) is 61.5 cm³/mol. The van der Waals surface area contributed by atoms with Gasteiger partial charge >= 0.3 is 6.18 Å². The molecule has 0 spiro atoms. The van der Waals surface area contributed by atoms with E-state index in [-0.39, 0.29) is 18.7 Å². The molecule has 1 heterocycles. The number of hydrogen-bond acceptors (Lipinski definition) is 2. The van der Waals surface area contributed by atoms with Gasteiger partial charge in [-0.25, -0.2) is 0 Å². The molecule has 0 saturated heterocycles. The summed E-state index contributed by atoms with van der Waals surface area (Å²) in [6.45, 7) is 4.49. The Balaban J connectivity index is 3.53. The molecule has 0 aliphatic carbocycles. The van der Waals surface area contributed by atoms with Gasteiger partial charge in [-0.3, -0.25) is 4.79 Å². The minimum Gasteiger partial charge on any atom is -0.395 e. The molecular formula is C12H16F3NO2. The van der Waals surface area contributed by atoms with Gasteiger partial charge in [0.05, 0.1) is 12.2 Å². The van der Waals surface area contributed by atoms with Crippen LogP contribution in [0, 0.1) is 0 Å². The molecule has 0 unspecified atom stereocenters. The highest BCUT2D eigenvalue weighted by Crippen LogP contribution is 2.31. The number of aromatic nitrogens is 1. The molecule has 1 aromatic rings. The van der Waals surface area contributed by atoms with E-state index >= 15 is 0 Å². The summed E-state index contributed by atoms with van der Waals surface area (Å²) in [5, 5.41) is 8.79. The lowest BCUT2D eigenvalue weighted by atomic mass is 9.87. The fourth-order valence-electron chi connectivity index (χ4n) is 1.60. The van der Waals surface area contributed by atoms with Crippen molar-refractivity contribution in [1.29, 1.82) is 0 Å². The molecule has 0 amide bonds. The molecule has 0 aliphatic rings. The molecule has 0 aromatic carbocycles. The van der Waals surface area contributed by atoms with Crippen molar-refractivity contribution in [3.05, 3.63) is 33.7 Å². The molecule has 0 fully saturated rings. The number of rotatable bonds is 2. The van der Waals surface area contributed by atoms with Gasteiger partial charge in [0.15, 0.2) is 0 Å². The Morgan fingerprint density at radius 3 is 2.22 bits per heavy atom. The predicted octanol–water partition coefficient (Wildman–Crippen LogP) is 2.16. The maximum absolute atomic E-state index is 12.7. The van der Waals surface area contributed by atoms with Gasteiger partial charge in [-0.2, -0.15) is 13.2 Å². The van der Waals surface area contributed by atoms with Crippen LogP contribution in [0.3, 0.4) is 0 Å². The van der Waals surface area contributed by atoms with E-state index in [1.165, 1.54) is 0 Å². The molecule has 3 nitrogen and oxygen atoms in total. The zero-order valence-corrected chi connectivity index (χ0v) is 10.5. The summed E-state index contributed by atoms with van der Waals surface area (Å²) < 4.78 is 39.1. The Bertz CT molecular complexity index is 484. The number of hydrogen-bond donors (Lipinski definition) is 1. The van der Waals surface area contributed by atoms with Crippen LogP contribution in [-0.2, 0) is 18.1 Å². The van der Waals surface area contributed by atoms with E-state index in [2.05, 4.69) is 0 Å². The Kier molecular flexibility index (Phi) is 3.90. The van der Waals surface area contributed by atoms with Gasteiger partial charge in [0.25, 0.3) is 5.56 Å². The minimum atomic E-state index is -4.51. The van der Waals surface area contributed by atoms with E-state index in [1.807, 2.05) is 0 Å². The van der Waals surface area contributed by atoms with Crippen LogP contribution in [0.25, 0.3) is 0 Å². The molecular weight excluding hydrogens is 247 g/mol. The minimum absolute atomic E-state index is 0.0887. The number of nitrogens with zero attached hydrogens (tertiary/aromatic N) is 1. The zero-order chi connectivity index (χ0) is 14.1. The highest BCUT2D eigenvalue weighted by Gasteiger charge is 2.33. The molecule has 1 rings (SSSR count). The molecule has 18 heavy (non-hydrogen) atoms. The van der Waals surface area contributed by atoms with Crippen molar-refractivity contribution < 1.29 is 18.3 Å². The Morgan fingerprint density at radius 1 is 1.28 bits per heavy atom. The van der Waals surface area contributed by atoms with Gasteiger partial charge in [0.1, 0.15) is 0 Å². The van der Waals surface area contributed by atoms with Crippen LogP contribution < -0.4 is 5.56 Å². The highest BCUT2D eigenvalue weighted by atomic mass is 19.4. The summed E-state index contributed by atoms with van der Waals surface area (Å²) >= 11 is 0. The summed E-state index contributed by atoms with van der Waals surface area (Å²) in [6.07, 6.45) is -3.77. The smallest absolute Gasteiger partial charge is 0.395 e. The van der Waals surface area contributed by atoms with Gasteiger partial charge in [0, 0.05) is 18.3 Å². The number of aliphatic hydroxyl groups excluding tert-OH is 1. The lowest BCUT2D eigenvalue weighted by molar-refractivity contribution is -0.138. The first-order chi connectivity index (χ1) is 8.07. The maximum Gasteiger partial charge on any atom is 0.417 e. The molecule has 1 N–H and O–H groups in total. The molecule has 102 valence electrons. The molecule has 0 aliphatic heterocycles. The first-order valence-corrected chi connectivity index (χ1v) is 5.50. The quantitative estimate of drug-likeness (QED) is 0.888. The van der Waals surface area contributed by atoms with Gasteiger partial charge in [-0.15, -0.1) is 0 Å². The van der Waals surface area contributed by atoms with Crippen LogP contribution in [0.4, 0.5) is 13.2 Å². The lowest BCUT2D eigenvalue weighted by Crippen LogP contribution is -2.32. The summed E-state index contributed by atoms with van der Waals surface area (Å²) in [4.78, 5) is 12.0. The van der Waals surface area contributed by atoms with E-state index in [0.29, 0.717) is 0 Å². The van der Waals surface area contributed by atoms with Gasteiger partial charge < -0.3 is 9.67 Å². The summed E-state index contributed by atoms with van der Waals surface area (Å²) in [6, 6.07) is 0.885. The Hall–Kier alpha value is -1.30. The van der Waals surface area contributed by atoms with Crippen molar-refractivity contribution in [2.45, 2.75) is 38.9 Å². The van der Waals surface area contributed by atoms with Crippen LogP contribution in [0.1, 0.15) is 31.9 Å². The third-order valence-corrected chi connectivity index (χ3v) is 2.56. The van der Waals surface area contributed by atoms with Crippen molar-refractivity contribution in [3.8, 4) is 0 Å². The van der Waals surface area contributed by atoms with E-state index in [1.54, 1.807) is 20.8 Å². The van der Waals surface area contributed by atoms with Crippen LogP contribution >= 0.6 is 0 Å². The van der Waals surface area contributed by atoms with E-state index in [0.717, 1.165) is 16.8 Å². The number of pyridine rings is 1. The van der Waals surface area contributed by atoms with Crippen molar-refractivity contribution in [2.24, 2.45) is 0 Å². The average molecular weight is 263 g/mol. The first-order valence-electron chi connectivity index (χ1n) is 5.50. The third-order valence-electron chi connectivity index (χ3n) is 2.56. The van der Waals surface area contributed by atoms with Crippen LogP contribution in [0.5, 0.6) is 0 Å². The topological polar surface area (TPSA) is 42.2 Å². The van der Waals surface area contributed by atoms with E-state index < -0.39 is 22.7 Å². The SMILES string of the molecule is CC(C)(C)c1cc(C(F)(F)F)cn(CCO)c1=O. The van der Waals surface area contributed by atoms with Crippen molar-refractivity contribution in [2.75, 3.05) is 6.61 Å². The molecule has 0 radical (unpaired) electrons. The zero-order valence-electron chi connectivity index (χ0n) is 10.5. The maximum atomic E-state index is 12.7. The fourth-order valence-corrected chi connectivity index (χ4v) is 1.60. The largest absolute Gasteiger partial charge is 0.417 e. The van der Waals surface area contributed by atoms with E-state index in [4.69, 9.17) is 5.11 Å². The average Bonchev–Trinajstić information content (AvgIpc) is 2.17. The summed E-state index contributed by atoms with van der Waals surface area (Å²) in [5.41, 5.74) is -1.97. The fraction of sp³-hybridized carbons (Fsp3) is 0.583. The third kappa shape index (κ3) is 3.13. The molecule has 6 heteroatoms. The second-order valence-electron chi connectivity index (χ2n) is 5.11. The molecule has 0 saturated carbocycles. The molecule has 1 aromatic heterocycles. The number of aliphatic hydroxyl groups is 1. The molecule has 0 bridgehead atoms. The van der Waals surface area contributed by atoms with Crippen LogP contribution in [-0.4, -0.2) is 16.3 Å². The van der Waals surface area contributed by atoms with Crippen molar-refractivity contribution in [1.82, 2.24) is 4.57 Å². The van der Waals surface area contributed by atoms with Crippen molar-refractivity contribution in [3.63, 3.8) is 0 Å². The lowest BCUT2D eigenvalue weighted by Gasteiger charge is -2.21. The highest BCUT2D eigenvalue weighted by molar-refractivity contribution is 5.27. The van der Waals surface area contributed by atoms with Crippen LogP contribution in [0.15, 0.2) is 17.1 Å². The molecule has 0 atom stereocenters. The second kappa shape index (κ2) is 4.76. The van der Waals surface area contributed by atoms with Crippen LogP contribution in [0.2, 0.25) is 0 Å². The number of alkyl halides is 3. The van der Waals surface area contributed by atoms with Crippen molar-refractivity contribution >= 4 is 0 Å². The van der Waals surface area contributed by atoms with Gasteiger partial charge in [-0.05, 0) is 11.5 Å².